The van der Waals surface area contributed by atoms with Gasteiger partial charge in [0.2, 0.25) is 5.91 Å². The number of carbonyl (C=O) groups excluding carboxylic acids is 2. The Kier molecular flexibility index (Phi) is 12.8. The first-order valence-electron chi connectivity index (χ1n) is 17.3. The van der Waals surface area contributed by atoms with Gasteiger partial charge >= 0.3 is 12.1 Å². The lowest BCUT2D eigenvalue weighted by molar-refractivity contribution is -0.128. The third kappa shape index (κ3) is 10.0. The van der Waals surface area contributed by atoms with E-state index in [4.69, 9.17) is 0 Å². The number of amides is 4. The van der Waals surface area contributed by atoms with Crippen LogP contribution in [0.4, 0.5) is 9.59 Å². The van der Waals surface area contributed by atoms with E-state index in [-0.39, 0.29) is 24.3 Å². The Morgan fingerprint density at radius 2 is 1.55 bits per heavy atom. The fourth-order valence-corrected chi connectivity index (χ4v) is 6.84. The average molecular weight is 672 g/mol. The number of carboxylic acid groups (broad SMARTS) is 1. The summed E-state index contributed by atoms with van der Waals surface area (Å²) in [6.07, 6.45) is -0.648. The molecular weight excluding hydrogens is 618 g/mol. The number of urea groups is 1. The molecule has 49 heavy (non-hydrogen) atoms. The third-order valence-electron chi connectivity index (χ3n) is 9.43. The molecule has 0 unspecified atom stereocenters. The van der Waals surface area contributed by atoms with Gasteiger partial charge in [0, 0.05) is 30.4 Å². The monoisotopic (exact) mass is 671 g/mol. The Morgan fingerprint density at radius 1 is 0.939 bits per heavy atom. The van der Waals surface area contributed by atoms with Crippen molar-refractivity contribution in [3.63, 3.8) is 0 Å². The average Bonchev–Trinajstić information content (AvgIpc) is 3.39. The van der Waals surface area contributed by atoms with Gasteiger partial charge in [-0.3, -0.25) is 9.78 Å². The molecule has 5 atom stereocenters. The third-order valence-corrected chi connectivity index (χ3v) is 9.43. The predicted octanol–water partition coefficient (Wildman–Crippen LogP) is 5.91. The first-order chi connectivity index (χ1) is 23.3. The molecule has 3 N–H and O–H groups in total. The lowest BCUT2D eigenvalue weighted by Crippen LogP contribution is -2.58. The number of carbonyl (C=O) groups is 3. The highest BCUT2D eigenvalue weighted by atomic mass is 16.4. The minimum absolute atomic E-state index is 0.101. The van der Waals surface area contributed by atoms with E-state index in [9.17, 15) is 24.6 Å². The summed E-state index contributed by atoms with van der Waals surface area (Å²) in [4.78, 5) is 50.1. The minimum atomic E-state index is -1.09. The van der Waals surface area contributed by atoms with E-state index in [1.807, 2.05) is 120 Å². The molecule has 4 rings (SSSR count). The highest BCUT2D eigenvalue weighted by molar-refractivity contribution is 5.88. The number of aliphatic hydroxyl groups is 1. The van der Waals surface area contributed by atoms with Crippen molar-refractivity contribution in [2.24, 2.45) is 5.92 Å². The number of nitrogens with one attached hydrogen (secondary N) is 1. The van der Waals surface area contributed by atoms with Gasteiger partial charge in [0.25, 0.3) is 0 Å². The summed E-state index contributed by atoms with van der Waals surface area (Å²) in [5.41, 5.74) is 2.81. The number of hydrogen-bond donors (Lipinski definition) is 3. The molecule has 1 saturated heterocycles. The molecule has 1 aromatic heterocycles. The van der Waals surface area contributed by atoms with Gasteiger partial charge in [0.15, 0.2) is 0 Å². The van der Waals surface area contributed by atoms with Crippen LogP contribution in [0.1, 0.15) is 70.0 Å². The van der Waals surface area contributed by atoms with Gasteiger partial charge in [-0.15, -0.1) is 0 Å². The summed E-state index contributed by atoms with van der Waals surface area (Å²) in [5, 5.41) is 25.5. The summed E-state index contributed by atoms with van der Waals surface area (Å²) < 4.78 is 0. The maximum absolute atomic E-state index is 14.3. The first-order valence-corrected chi connectivity index (χ1v) is 17.3. The molecule has 264 valence electrons. The SMILES string of the molecule is CC[C@H](C)[C@@H](C(=O)N[C@@H](Cc1ccccc1)[C@@H](O)C[C@H](Cc1ccccc1)N(C(=O)O)C(C)(C)C)N1CCN(Cc2cccc(C)n2)C1=O. The second-order valence-corrected chi connectivity index (χ2v) is 14.3. The van der Waals surface area contributed by atoms with Crippen molar-refractivity contribution in [1.29, 1.82) is 0 Å². The van der Waals surface area contributed by atoms with Crippen LogP contribution in [-0.2, 0) is 24.2 Å². The molecule has 1 aliphatic heterocycles. The van der Waals surface area contributed by atoms with Crippen LogP contribution >= 0.6 is 0 Å². The molecule has 0 saturated carbocycles. The fourth-order valence-electron chi connectivity index (χ4n) is 6.84. The standard InChI is InChI=1S/C39H53N5O5/c1-7-27(2)35(43-22-21-42(37(43)47)26-31-20-14-15-28(3)40-31)36(46)41-33(24-30-18-12-9-13-19-30)34(45)25-32(23-29-16-10-8-11-17-29)44(38(48)49)39(4,5)6/h8-20,27,32-35,45H,7,21-26H2,1-6H3,(H,41,46)(H,48,49)/t27-,32-,33-,34-,35-/m0/s1. The number of aryl methyl sites for hydroxylation is 1. The molecule has 3 aromatic rings. The van der Waals surface area contributed by atoms with Crippen molar-refractivity contribution < 1.29 is 24.6 Å². The van der Waals surface area contributed by atoms with Crippen molar-refractivity contribution in [2.45, 2.75) is 104 Å². The number of pyridine rings is 1. The number of hydrogen-bond acceptors (Lipinski definition) is 5. The lowest BCUT2D eigenvalue weighted by Gasteiger charge is -2.41. The van der Waals surface area contributed by atoms with E-state index in [0.717, 1.165) is 22.5 Å². The van der Waals surface area contributed by atoms with Gasteiger partial charge < -0.3 is 30.2 Å². The molecule has 10 heteroatoms. The maximum Gasteiger partial charge on any atom is 0.407 e. The molecule has 1 fully saturated rings. The molecule has 2 aromatic carbocycles. The smallest absolute Gasteiger partial charge is 0.407 e. The van der Waals surface area contributed by atoms with E-state index in [0.29, 0.717) is 38.9 Å². The number of nitrogens with zero attached hydrogens (tertiary/aromatic N) is 4. The van der Waals surface area contributed by atoms with Gasteiger partial charge in [-0.2, -0.15) is 0 Å². The van der Waals surface area contributed by atoms with Crippen molar-refractivity contribution in [2.75, 3.05) is 13.1 Å². The molecule has 2 heterocycles. The largest absolute Gasteiger partial charge is 0.465 e. The van der Waals surface area contributed by atoms with Crippen LogP contribution in [0.15, 0.2) is 78.9 Å². The predicted molar refractivity (Wildman–Crippen MR) is 191 cm³/mol. The van der Waals surface area contributed by atoms with E-state index in [1.54, 1.807) is 9.80 Å². The summed E-state index contributed by atoms with van der Waals surface area (Å²) in [6, 6.07) is 22.7. The lowest BCUT2D eigenvalue weighted by atomic mass is 9.90. The highest BCUT2D eigenvalue weighted by Crippen LogP contribution is 2.26. The van der Waals surface area contributed by atoms with E-state index < -0.39 is 35.9 Å². The molecule has 0 bridgehead atoms. The summed E-state index contributed by atoms with van der Waals surface area (Å²) >= 11 is 0. The van der Waals surface area contributed by atoms with Crippen molar-refractivity contribution in [3.8, 4) is 0 Å². The Labute approximate surface area is 291 Å². The maximum atomic E-state index is 14.3. The zero-order valence-electron chi connectivity index (χ0n) is 29.8. The van der Waals surface area contributed by atoms with Crippen LogP contribution in [0.3, 0.4) is 0 Å². The second kappa shape index (κ2) is 16.8. The second-order valence-electron chi connectivity index (χ2n) is 14.3. The van der Waals surface area contributed by atoms with Crippen LogP contribution in [0.2, 0.25) is 0 Å². The van der Waals surface area contributed by atoms with E-state index in [2.05, 4.69) is 10.3 Å². The highest BCUT2D eigenvalue weighted by Gasteiger charge is 2.42. The van der Waals surface area contributed by atoms with Gasteiger partial charge in [-0.25, -0.2) is 9.59 Å². The van der Waals surface area contributed by atoms with Crippen LogP contribution in [0, 0.1) is 12.8 Å². The number of rotatable bonds is 15. The van der Waals surface area contributed by atoms with Crippen LogP contribution in [0.25, 0.3) is 0 Å². The quantitative estimate of drug-likeness (QED) is 0.185. The van der Waals surface area contributed by atoms with Gasteiger partial charge in [0.1, 0.15) is 6.04 Å². The van der Waals surface area contributed by atoms with Gasteiger partial charge in [-0.05, 0) is 76.1 Å². The van der Waals surface area contributed by atoms with Gasteiger partial charge in [-0.1, -0.05) is 87.0 Å². The molecule has 0 radical (unpaired) electrons. The number of aliphatic hydroxyl groups excluding tert-OH is 1. The van der Waals surface area contributed by atoms with Crippen LogP contribution in [-0.4, -0.2) is 90.8 Å². The van der Waals surface area contributed by atoms with Crippen LogP contribution < -0.4 is 5.32 Å². The van der Waals surface area contributed by atoms with Crippen molar-refractivity contribution in [1.82, 2.24) is 25.0 Å². The Bertz CT molecular complexity index is 1530. The topological polar surface area (TPSA) is 126 Å². The summed E-state index contributed by atoms with van der Waals surface area (Å²) in [5.74, 6) is -0.478. The van der Waals surface area contributed by atoms with Gasteiger partial charge in [0.05, 0.1) is 24.4 Å². The molecule has 1 aliphatic rings. The molecule has 10 nitrogen and oxygen atoms in total. The minimum Gasteiger partial charge on any atom is -0.465 e. The summed E-state index contributed by atoms with van der Waals surface area (Å²) in [7, 11) is 0. The van der Waals surface area contributed by atoms with E-state index in [1.165, 1.54) is 4.90 Å². The number of benzene rings is 2. The molecule has 0 aliphatic carbocycles. The first kappa shape index (κ1) is 37.4. The summed E-state index contributed by atoms with van der Waals surface area (Å²) in [6.45, 7) is 12.6. The normalized spacial score (nSPS) is 16.5. The van der Waals surface area contributed by atoms with E-state index >= 15 is 0 Å². The Hall–Kier alpha value is -4.44. The Morgan fingerprint density at radius 3 is 2.10 bits per heavy atom. The zero-order valence-corrected chi connectivity index (χ0v) is 29.8. The molecule has 0 spiro atoms. The molecule has 4 amide bonds. The fraction of sp³-hybridized carbons (Fsp3) is 0.487. The molecular formula is C39H53N5O5. The van der Waals surface area contributed by atoms with Crippen molar-refractivity contribution in [3.05, 3.63) is 101 Å². The van der Waals surface area contributed by atoms with Crippen molar-refractivity contribution >= 4 is 18.0 Å². The number of aromatic nitrogens is 1. The zero-order chi connectivity index (χ0) is 35.7. The van der Waals surface area contributed by atoms with Crippen LogP contribution in [0.5, 0.6) is 0 Å². The Balaban J connectivity index is 1.60.